The minimum Gasteiger partial charge on any atom is -0.491 e. The molecule has 1 aliphatic rings. The first kappa shape index (κ1) is 14.0. The number of benzene rings is 1. The maximum Gasteiger partial charge on any atom is 0.222 e. The van der Waals surface area contributed by atoms with Crippen LogP contribution in [0, 0.1) is 0 Å². The predicted molar refractivity (Wildman–Crippen MR) is 83.5 cm³/mol. The van der Waals surface area contributed by atoms with E-state index in [1.807, 2.05) is 26.1 Å². The van der Waals surface area contributed by atoms with E-state index in [1.165, 1.54) is 0 Å². The van der Waals surface area contributed by atoms with Gasteiger partial charge in [0.25, 0.3) is 0 Å². The fourth-order valence-electron chi connectivity index (χ4n) is 2.47. The van der Waals surface area contributed by atoms with Gasteiger partial charge in [-0.1, -0.05) is 0 Å². The normalized spacial score (nSPS) is 14.6. The molecule has 1 N–H and O–H groups in total. The summed E-state index contributed by atoms with van der Waals surface area (Å²) in [7, 11) is 0. The number of carbonyl (C=O) groups is 1. The van der Waals surface area contributed by atoms with Crippen LogP contribution in [0.25, 0.3) is 10.9 Å². The third-order valence-corrected chi connectivity index (χ3v) is 3.64. The Kier molecular flexibility index (Phi) is 3.86. The first-order chi connectivity index (χ1) is 10.1. The molecule has 0 radical (unpaired) electrons. The quantitative estimate of drug-likeness (QED) is 0.886. The topological polar surface area (TPSA) is 43.3 Å². The van der Waals surface area contributed by atoms with Gasteiger partial charge in [-0.3, -0.25) is 4.79 Å². The molecule has 1 aromatic carbocycles. The van der Waals surface area contributed by atoms with E-state index in [-0.39, 0.29) is 12.0 Å². The monoisotopic (exact) mass is 286 g/mol. The number of fused-ring (bicyclic) bond motifs is 1. The van der Waals surface area contributed by atoms with Gasteiger partial charge in [0.05, 0.1) is 6.10 Å². The molecule has 4 nitrogen and oxygen atoms in total. The molecule has 1 aromatic heterocycles. The van der Waals surface area contributed by atoms with Crippen molar-refractivity contribution >= 4 is 16.8 Å². The van der Waals surface area contributed by atoms with Gasteiger partial charge in [-0.25, -0.2) is 0 Å². The molecule has 21 heavy (non-hydrogen) atoms. The summed E-state index contributed by atoms with van der Waals surface area (Å²) in [5.41, 5.74) is 1.14. The van der Waals surface area contributed by atoms with E-state index in [1.54, 1.807) is 0 Å². The third-order valence-electron chi connectivity index (χ3n) is 3.64. The van der Waals surface area contributed by atoms with Crippen LogP contribution < -0.4 is 10.1 Å². The van der Waals surface area contributed by atoms with Crippen LogP contribution in [0.4, 0.5) is 0 Å². The van der Waals surface area contributed by atoms with Crippen LogP contribution in [0.5, 0.6) is 5.75 Å². The number of carbonyl (C=O) groups excluding carboxylic acids is 1. The molecule has 112 valence electrons. The van der Waals surface area contributed by atoms with Crippen molar-refractivity contribution in [1.29, 1.82) is 0 Å². The molecule has 3 rings (SSSR count). The number of hydrogen-bond acceptors (Lipinski definition) is 2. The van der Waals surface area contributed by atoms with Crippen LogP contribution in [-0.2, 0) is 11.3 Å². The van der Waals surface area contributed by atoms with Gasteiger partial charge >= 0.3 is 0 Å². The van der Waals surface area contributed by atoms with Crippen molar-refractivity contribution in [3.63, 3.8) is 0 Å². The first-order valence-corrected chi connectivity index (χ1v) is 7.67. The highest BCUT2D eigenvalue weighted by Crippen LogP contribution is 2.23. The lowest BCUT2D eigenvalue weighted by molar-refractivity contribution is -0.121. The molecule has 0 unspecified atom stereocenters. The predicted octanol–water partition coefficient (Wildman–Crippen LogP) is 3.10. The first-order valence-electron chi connectivity index (χ1n) is 7.67. The van der Waals surface area contributed by atoms with E-state index in [9.17, 15) is 4.79 Å². The number of ether oxygens (including phenoxy) is 1. The van der Waals surface area contributed by atoms with Crippen LogP contribution in [0.1, 0.15) is 33.1 Å². The van der Waals surface area contributed by atoms with Gasteiger partial charge in [0.1, 0.15) is 5.75 Å². The van der Waals surface area contributed by atoms with Crippen molar-refractivity contribution < 1.29 is 9.53 Å². The second-order valence-electron chi connectivity index (χ2n) is 5.99. The van der Waals surface area contributed by atoms with Crippen molar-refractivity contribution in [3.8, 4) is 5.75 Å². The highest BCUT2D eigenvalue weighted by atomic mass is 16.5. The lowest BCUT2D eigenvalue weighted by Crippen LogP contribution is -2.26. The minimum absolute atomic E-state index is 0.152. The number of aryl methyl sites for hydroxylation is 1. The smallest absolute Gasteiger partial charge is 0.222 e. The van der Waals surface area contributed by atoms with E-state index in [2.05, 4.69) is 28.1 Å². The lowest BCUT2D eigenvalue weighted by Gasteiger charge is -2.10. The Bertz CT molecular complexity index is 641. The van der Waals surface area contributed by atoms with Crippen LogP contribution in [0.2, 0.25) is 0 Å². The Labute approximate surface area is 125 Å². The molecule has 0 atom stereocenters. The largest absolute Gasteiger partial charge is 0.491 e. The molecule has 1 saturated carbocycles. The Morgan fingerprint density at radius 2 is 2.19 bits per heavy atom. The van der Waals surface area contributed by atoms with Crippen LogP contribution in [-0.4, -0.2) is 22.6 Å². The number of nitrogens with zero attached hydrogens (tertiary/aromatic N) is 1. The van der Waals surface area contributed by atoms with E-state index in [4.69, 9.17) is 4.74 Å². The molecule has 0 bridgehead atoms. The van der Waals surface area contributed by atoms with Crippen LogP contribution >= 0.6 is 0 Å². The third kappa shape index (κ3) is 3.57. The summed E-state index contributed by atoms with van der Waals surface area (Å²) in [6.45, 7) is 4.76. The fraction of sp³-hybridized carbons (Fsp3) is 0.471. The molecular formula is C17H22N2O2. The van der Waals surface area contributed by atoms with Crippen LogP contribution in [0.3, 0.4) is 0 Å². The molecule has 2 aromatic rings. The number of rotatable bonds is 6. The minimum atomic E-state index is 0.152. The SMILES string of the molecule is CC(C)Oc1ccc2c(ccn2CCC(=O)NC2CC2)c1. The second kappa shape index (κ2) is 5.80. The Morgan fingerprint density at radius 3 is 2.90 bits per heavy atom. The maximum absolute atomic E-state index is 11.8. The number of nitrogens with one attached hydrogen (secondary N) is 1. The maximum atomic E-state index is 11.8. The second-order valence-corrected chi connectivity index (χ2v) is 5.99. The zero-order valence-corrected chi connectivity index (χ0v) is 12.6. The molecule has 0 saturated heterocycles. The van der Waals surface area contributed by atoms with Gasteiger partial charge in [-0.05, 0) is 51.0 Å². The standard InChI is InChI=1S/C17H22N2O2/c1-12(2)21-15-5-6-16-13(11-15)7-9-19(16)10-8-17(20)18-14-3-4-14/h5-7,9,11-12,14H,3-4,8,10H2,1-2H3,(H,18,20). The summed E-state index contributed by atoms with van der Waals surface area (Å²) in [4.78, 5) is 11.8. The zero-order chi connectivity index (χ0) is 14.8. The van der Waals surface area contributed by atoms with E-state index in [0.717, 1.165) is 29.5 Å². The van der Waals surface area contributed by atoms with Crippen molar-refractivity contribution in [2.24, 2.45) is 0 Å². The van der Waals surface area contributed by atoms with Gasteiger partial charge in [0, 0.05) is 36.1 Å². The fourth-order valence-corrected chi connectivity index (χ4v) is 2.47. The molecule has 1 amide bonds. The lowest BCUT2D eigenvalue weighted by atomic mass is 10.2. The molecule has 0 aliphatic heterocycles. The molecular weight excluding hydrogens is 264 g/mol. The average molecular weight is 286 g/mol. The van der Waals surface area contributed by atoms with E-state index in [0.29, 0.717) is 19.0 Å². The van der Waals surface area contributed by atoms with Gasteiger partial charge < -0.3 is 14.6 Å². The average Bonchev–Trinajstić information content (AvgIpc) is 3.14. The highest BCUT2D eigenvalue weighted by Gasteiger charge is 2.22. The Hall–Kier alpha value is -1.97. The Balaban J connectivity index is 1.66. The Morgan fingerprint density at radius 1 is 1.38 bits per heavy atom. The highest BCUT2D eigenvalue weighted by molar-refractivity contribution is 5.82. The molecule has 1 aliphatic carbocycles. The van der Waals surface area contributed by atoms with Gasteiger partial charge in [-0.2, -0.15) is 0 Å². The summed E-state index contributed by atoms with van der Waals surface area (Å²) < 4.78 is 7.83. The van der Waals surface area contributed by atoms with Crippen molar-refractivity contribution in [3.05, 3.63) is 30.5 Å². The van der Waals surface area contributed by atoms with Crippen LogP contribution in [0.15, 0.2) is 30.5 Å². The molecule has 1 fully saturated rings. The summed E-state index contributed by atoms with van der Waals surface area (Å²) in [6, 6.07) is 8.61. The van der Waals surface area contributed by atoms with Crippen molar-refractivity contribution in [1.82, 2.24) is 9.88 Å². The zero-order valence-electron chi connectivity index (χ0n) is 12.6. The number of hydrogen-bond donors (Lipinski definition) is 1. The molecule has 4 heteroatoms. The number of aromatic nitrogens is 1. The van der Waals surface area contributed by atoms with Crippen molar-refractivity contribution in [2.75, 3.05) is 0 Å². The van der Waals surface area contributed by atoms with Gasteiger partial charge in [0.15, 0.2) is 0 Å². The van der Waals surface area contributed by atoms with Gasteiger partial charge in [-0.15, -0.1) is 0 Å². The molecule has 1 heterocycles. The summed E-state index contributed by atoms with van der Waals surface area (Å²) in [6.07, 6.45) is 5.02. The molecule has 0 spiro atoms. The summed E-state index contributed by atoms with van der Waals surface area (Å²) in [5, 5.41) is 4.17. The number of amides is 1. The van der Waals surface area contributed by atoms with E-state index >= 15 is 0 Å². The summed E-state index contributed by atoms with van der Waals surface area (Å²) >= 11 is 0. The van der Waals surface area contributed by atoms with Crippen molar-refractivity contribution in [2.45, 2.75) is 51.8 Å². The van der Waals surface area contributed by atoms with E-state index < -0.39 is 0 Å². The summed E-state index contributed by atoms with van der Waals surface area (Å²) in [5.74, 6) is 1.04. The van der Waals surface area contributed by atoms with Gasteiger partial charge in [0.2, 0.25) is 5.91 Å².